The smallest absolute Gasteiger partial charge is 0.330 e. The number of unbranched alkanes of at least 4 members (excludes halogenated alkanes) is 2. The number of esters is 2. The van der Waals surface area contributed by atoms with Crippen molar-refractivity contribution >= 4 is 44.8 Å². The Kier molecular flexibility index (Phi) is 15.3. The molecule has 0 unspecified atom stereocenters. The summed E-state index contributed by atoms with van der Waals surface area (Å²) < 4.78 is 22.7. The van der Waals surface area contributed by atoms with Gasteiger partial charge in [-0.05, 0) is 105 Å². The first-order valence-electron chi connectivity index (χ1n) is 17.7. The van der Waals surface area contributed by atoms with E-state index in [4.69, 9.17) is 18.9 Å². The van der Waals surface area contributed by atoms with Gasteiger partial charge in [0.15, 0.2) is 0 Å². The molecular formula is C44H41N3O6S. The van der Waals surface area contributed by atoms with Gasteiger partial charge in [0.2, 0.25) is 5.13 Å². The van der Waals surface area contributed by atoms with E-state index in [0.717, 1.165) is 87.4 Å². The zero-order valence-electron chi connectivity index (χ0n) is 30.0. The number of aromatic nitrogens is 1. The average Bonchev–Trinajstić information content (AvgIpc) is 3.63. The zero-order chi connectivity index (χ0) is 37.8. The summed E-state index contributed by atoms with van der Waals surface area (Å²) in [5.74, 6) is 14.0. The van der Waals surface area contributed by atoms with Crippen molar-refractivity contribution in [1.29, 1.82) is 0 Å². The Labute approximate surface area is 320 Å². The SMILES string of the molecule is C=CC(=O)OCCCCOc1ccc(C#CC2=CC(/C=N/Nc3nc4ccccc4s3)=C(C#Cc3ccc(OCCCCOC(=O)C=C)cc3)CC2)cc1. The minimum Gasteiger partial charge on any atom is -0.494 e. The molecule has 0 amide bonds. The van der Waals surface area contributed by atoms with Crippen LogP contribution in [0.2, 0.25) is 0 Å². The molecule has 3 aromatic carbocycles. The molecule has 0 aliphatic heterocycles. The largest absolute Gasteiger partial charge is 0.494 e. The van der Waals surface area contributed by atoms with Gasteiger partial charge >= 0.3 is 11.9 Å². The molecule has 1 aliphatic rings. The van der Waals surface area contributed by atoms with Crippen molar-refractivity contribution in [3.63, 3.8) is 0 Å². The first kappa shape index (κ1) is 38.9. The van der Waals surface area contributed by atoms with Gasteiger partial charge in [-0.2, -0.15) is 5.10 Å². The fourth-order valence-electron chi connectivity index (χ4n) is 5.00. The predicted molar refractivity (Wildman–Crippen MR) is 214 cm³/mol. The van der Waals surface area contributed by atoms with Gasteiger partial charge in [-0.25, -0.2) is 14.6 Å². The van der Waals surface area contributed by atoms with Crippen molar-refractivity contribution in [3.05, 3.63) is 132 Å². The number of allylic oxidation sites excluding steroid dienone is 4. The lowest BCUT2D eigenvalue weighted by Crippen LogP contribution is -2.04. The summed E-state index contributed by atoms with van der Waals surface area (Å²) in [6.45, 7) is 8.52. The van der Waals surface area contributed by atoms with Crippen molar-refractivity contribution in [2.24, 2.45) is 5.10 Å². The van der Waals surface area contributed by atoms with Gasteiger partial charge in [-0.15, -0.1) is 0 Å². The van der Waals surface area contributed by atoms with Crippen molar-refractivity contribution in [2.75, 3.05) is 31.9 Å². The Bertz CT molecular complexity index is 2110. The summed E-state index contributed by atoms with van der Waals surface area (Å²) >= 11 is 1.54. The number of carbonyl (C=O) groups excluding carboxylic acids is 2. The predicted octanol–water partition coefficient (Wildman–Crippen LogP) is 8.59. The lowest BCUT2D eigenvalue weighted by atomic mass is 9.92. The molecule has 10 heteroatoms. The third-order valence-electron chi connectivity index (χ3n) is 7.85. The van der Waals surface area contributed by atoms with E-state index < -0.39 is 11.9 Å². The molecule has 5 rings (SSSR count). The Morgan fingerprint density at radius 1 is 0.741 bits per heavy atom. The molecule has 54 heavy (non-hydrogen) atoms. The van der Waals surface area contributed by atoms with Crippen molar-refractivity contribution in [1.82, 2.24) is 4.98 Å². The van der Waals surface area contributed by atoms with Crippen LogP contribution in [-0.4, -0.2) is 49.6 Å². The van der Waals surface area contributed by atoms with Gasteiger partial charge in [-0.3, -0.25) is 5.43 Å². The number of para-hydroxylation sites is 1. The number of ether oxygens (including phenoxy) is 4. The van der Waals surface area contributed by atoms with Gasteiger partial charge in [0, 0.05) is 40.0 Å². The van der Waals surface area contributed by atoms with Gasteiger partial charge in [0.05, 0.1) is 42.9 Å². The van der Waals surface area contributed by atoms with Crippen LogP contribution in [0, 0.1) is 23.7 Å². The summed E-state index contributed by atoms with van der Waals surface area (Å²) in [4.78, 5) is 26.9. The molecule has 1 N–H and O–H groups in total. The molecule has 274 valence electrons. The first-order valence-corrected chi connectivity index (χ1v) is 18.5. The number of hydrogen-bond acceptors (Lipinski definition) is 10. The van der Waals surface area contributed by atoms with Crippen LogP contribution in [0.25, 0.3) is 10.2 Å². The molecule has 0 radical (unpaired) electrons. The van der Waals surface area contributed by atoms with Gasteiger partial charge < -0.3 is 18.9 Å². The topological polar surface area (TPSA) is 108 Å². The van der Waals surface area contributed by atoms with Crippen LogP contribution in [0.1, 0.15) is 49.7 Å². The van der Waals surface area contributed by atoms with E-state index in [-0.39, 0.29) is 0 Å². The standard InChI is InChI=1S/C44H41N3O6S/c1-3-42(48)52-29-9-7-27-50-38-23-17-33(18-24-38)13-14-35-16-22-36(37(31-35)32-45-47-44-46-40-11-5-6-12-41(40)54-44)21-15-34-19-25-39(26-20-34)51-28-8-10-30-53-43(49)4-2/h3-6,11-12,17-20,23-26,31-32H,1-2,7-10,16,22,27-30H2,(H,46,47)/b45-32+. The molecule has 1 heterocycles. The lowest BCUT2D eigenvalue weighted by Gasteiger charge is -2.11. The molecule has 0 saturated heterocycles. The number of fused-ring (bicyclic) bond motifs is 1. The fourth-order valence-corrected chi connectivity index (χ4v) is 5.81. The summed E-state index contributed by atoms with van der Waals surface area (Å²) in [5.41, 5.74) is 8.58. The van der Waals surface area contributed by atoms with E-state index in [0.29, 0.717) is 44.4 Å². The Morgan fingerprint density at radius 3 is 1.91 bits per heavy atom. The molecule has 1 aromatic heterocycles. The van der Waals surface area contributed by atoms with Crippen LogP contribution in [0.15, 0.2) is 126 Å². The maximum Gasteiger partial charge on any atom is 0.330 e. The molecule has 4 aromatic rings. The minimum atomic E-state index is -0.413. The molecule has 1 aliphatic carbocycles. The molecule has 0 spiro atoms. The third-order valence-corrected chi connectivity index (χ3v) is 8.79. The fraction of sp³-hybridized carbons (Fsp3) is 0.227. The van der Waals surface area contributed by atoms with E-state index in [9.17, 15) is 9.59 Å². The van der Waals surface area contributed by atoms with Crippen LogP contribution in [0.4, 0.5) is 5.13 Å². The zero-order valence-corrected chi connectivity index (χ0v) is 30.8. The van der Waals surface area contributed by atoms with Crippen molar-refractivity contribution in [2.45, 2.75) is 38.5 Å². The number of anilines is 1. The molecule has 9 nitrogen and oxygen atoms in total. The van der Waals surface area contributed by atoms with Gasteiger partial charge in [0.1, 0.15) is 11.5 Å². The number of rotatable bonds is 17. The lowest BCUT2D eigenvalue weighted by molar-refractivity contribution is -0.138. The van der Waals surface area contributed by atoms with E-state index in [1.54, 1.807) is 17.6 Å². The number of carbonyl (C=O) groups is 2. The van der Waals surface area contributed by atoms with Gasteiger partial charge in [-0.1, -0.05) is 60.3 Å². The Morgan fingerprint density at radius 2 is 1.31 bits per heavy atom. The minimum absolute atomic E-state index is 0.346. The number of hydrogen-bond donors (Lipinski definition) is 1. The summed E-state index contributed by atoms with van der Waals surface area (Å²) in [6.07, 6.45) is 10.6. The second kappa shape index (κ2) is 21.2. The molecule has 0 atom stereocenters. The summed E-state index contributed by atoms with van der Waals surface area (Å²) in [7, 11) is 0. The van der Waals surface area contributed by atoms with E-state index in [1.165, 1.54) is 0 Å². The normalized spacial score (nSPS) is 12.1. The Balaban J connectivity index is 1.22. The van der Waals surface area contributed by atoms with Crippen LogP contribution >= 0.6 is 11.3 Å². The second-order valence-corrected chi connectivity index (χ2v) is 12.9. The molecule has 0 bridgehead atoms. The maximum atomic E-state index is 11.1. The quantitative estimate of drug-likeness (QED) is 0.0287. The van der Waals surface area contributed by atoms with E-state index >= 15 is 0 Å². The number of nitrogens with one attached hydrogen (secondary N) is 1. The number of thiazole rings is 1. The van der Waals surface area contributed by atoms with Crippen LogP contribution in [-0.2, 0) is 19.1 Å². The highest BCUT2D eigenvalue weighted by atomic mass is 32.1. The average molecular weight is 740 g/mol. The summed E-state index contributed by atoms with van der Waals surface area (Å²) in [6, 6.07) is 23.3. The van der Waals surface area contributed by atoms with Gasteiger partial charge in [0.25, 0.3) is 0 Å². The number of nitrogens with zero attached hydrogens (tertiary/aromatic N) is 2. The van der Waals surface area contributed by atoms with Crippen molar-refractivity contribution < 1.29 is 28.5 Å². The van der Waals surface area contributed by atoms with E-state index in [1.807, 2.05) is 78.9 Å². The van der Waals surface area contributed by atoms with Crippen LogP contribution in [0.5, 0.6) is 11.5 Å². The van der Waals surface area contributed by atoms with Crippen LogP contribution in [0.3, 0.4) is 0 Å². The second-order valence-electron chi connectivity index (χ2n) is 11.9. The van der Waals surface area contributed by atoms with Crippen LogP contribution < -0.4 is 14.9 Å². The molecule has 0 saturated carbocycles. The summed E-state index contributed by atoms with van der Waals surface area (Å²) in [5, 5.41) is 5.23. The molecule has 0 fully saturated rings. The number of benzene rings is 3. The first-order chi connectivity index (χ1) is 26.5. The van der Waals surface area contributed by atoms with E-state index in [2.05, 4.69) is 52.4 Å². The monoisotopic (exact) mass is 739 g/mol. The highest BCUT2D eigenvalue weighted by Crippen LogP contribution is 2.26. The third kappa shape index (κ3) is 13.0. The highest BCUT2D eigenvalue weighted by Gasteiger charge is 2.11. The van der Waals surface area contributed by atoms with Crippen molar-refractivity contribution in [3.8, 4) is 35.2 Å². The Hall–Kier alpha value is -6.36. The number of hydrazone groups is 1. The molecular weight excluding hydrogens is 699 g/mol. The highest BCUT2D eigenvalue weighted by molar-refractivity contribution is 7.22. The maximum absolute atomic E-state index is 11.1.